The maximum absolute atomic E-state index is 9.75. The first-order valence-corrected chi connectivity index (χ1v) is 3.02. The maximum Gasteiger partial charge on any atom is 0.158 e. The first kappa shape index (κ1) is 6.91. The van der Waals surface area contributed by atoms with E-state index in [9.17, 15) is 8.42 Å². The van der Waals surface area contributed by atoms with Crippen LogP contribution in [0.4, 0.5) is 0 Å². The van der Waals surface area contributed by atoms with Gasteiger partial charge in [-0.1, -0.05) is 0 Å². The number of nitrogens with zero attached hydrogens (tertiary/aromatic N) is 1. The van der Waals surface area contributed by atoms with Crippen LogP contribution in [0.15, 0.2) is 0 Å². The van der Waals surface area contributed by atoms with Crippen LogP contribution in [0.3, 0.4) is 0 Å². The third-order valence-corrected chi connectivity index (χ3v) is 0.976. The monoisotopic (exact) mass is 122 g/mol. The number of rotatable bonds is 2. The molecule has 0 saturated carbocycles. The fraction of sp³-hybridized carbons (Fsp3) is 0.667. The molecule has 0 saturated heterocycles. The highest BCUT2D eigenvalue weighted by Gasteiger charge is 1.87. The molecule has 0 unspecified atom stereocenters. The summed E-state index contributed by atoms with van der Waals surface area (Å²) in [5, 5.41) is 0. The van der Waals surface area contributed by atoms with Crippen LogP contribution in [0.2, 0.25) is 0 Å². The van der Waals surface area contributed by atoms with Gasteiger partial charge in [0.1, 0.15) is 5.88 Å². The molecule has 7 heavy (non-hydrogen) atoms. The summed E-state index contributed by atoms with van der Waals surface area (Å²) in [7, 11) is 0.977. The van der Waals surface area contributed by atoms with E-state index < -0.39 is 10.7 Å². The second kappa shape index (κ2) is 2.98. The Morgan fingerprint density at radius 2 is 1.86 bits per heavy atom. The SMILES string of the molecule is CN(C)[CH][SH](=O)=O. The van der Waals surface area contributed by atoms with E-state index in [0.717, 1.165) is 5.88 Å². The van der Waals surface area contributed by atoms with Gasteiger partial charge in [-0.15, -0.1) is 0 Å². The van der Waals surface area contributed by atoms with E-state index in [1.807, 2.05) is 0 Å². The number of thiol groups is 1. The smallest absolute Gasteiger partial charge is 0.158 e. The highest BCUT2D eigenvalue weighted by Crippen LogP contribution is 1.78. The van der Waals surface area contributed by atoms with Crippen molar-refractivity contribution in [2.45, 2.75) is 0 Å². The highest BCUT2D eigenvalue weighted by molar-refractivity contribution is 7.74. The molecule has 0 amide bonds. The molecule has 0 rings (SSSR count). The Bertz CT molecular complexity index is 99.5. The van der Waals surface area contributed by atoms with Gasteiger partial charge in [0.25, 0.3) is 0 Å². The average molecular weight is 122 g/mol. The molecule has 0 aliphatic heterocycles. The van der Waals surface area contributed by atoms with E-state index in [1.165, 1.54) is 4.90 Å². The van der Waals surface area contributed by atoms with Gasteiger partial charge < -0.3 is 0 Å². The van der Waals surface area contributed by atoms with Crippen LogP contribution in [0, 0.1) is 5.88 Å². The summed E-state index contributed by atoms with van der Waals surface area (Å²) < 4.78 is 19.5. The van der Waals surface area contributed by atoms with E-state index in [2.05, 4.69) is 0 Å². The molecular formula is C3H8NO2S. The second-order valence-electron chi connectivity index (χ2n) is 1.36. The lowest BCUT2D eigenvalue weighted by atomic mass is 11.0. The van der Waals surface area contributed by atoms with Gasteiger partial charge in [0.05, 0.1) is 0 Å². The van der Waals surface area contributed by atoms with Crippen LogP contribution in [0.25, 0.3) is 0 Å². The van der Waals surface area contributed by atoms with E-state index >= 15 is 0 Å². The van der Waals surface area contributed by atoms with Gasteiger partial charge in [-0.3, -0.25) is 4.90 Å². The summed E-state index contributed by atoms with van der Waals surface area (Å²) in [4.78, 5) is 1.48. The zero-order valence-corrected chi connectivity index (χ0v) is 5.18. The van der Waals surface area contributed by atoms with Crippen molar-refractivity contribution in [3.63, 3.8) is 0 Å². The fourth-order valence-electron chi connectivity index (χ4n) is 0.189. The zero-order chi connectivity index (χ0) is 5.86. The van der Waals surface area contributed by atoms with Crippen LogP contribution in [-0.4, -0.2) is 27.4 Å². The minimum absolute atomic E-state index is 1.12. The molecule has 3 nitrogen and oxygen atoms in total. The van der Waals surface area contributed by atoms with Gasteiger partial charge in [0.2, 0.25) is 0 Å². The summed E-state index contributed by atoms with van der Waals surface area (Å²) >= 11 is 0. The predicted octanol–water partition coefficient (Wildman–Crippen LogP) is -0.721. The van der Waals surface area contributed by atoms with Gasteiger partial charge >= 0.3 is 0 Å². The molecule has 0 aliphatic rings. The van der Waals surface area contributed by atoms with Gasteiger partial charge in [0.15, 0.2) is 10.7 Å². The van der Waals surface area contributed by atoms with Crippen molar-refractivity contribution in [1.29, 1.82) is 0 Å². The Morgan fingerprint density at radius 1 is 1.43 bits per heavy atom. The number of hydrogen-bond acceptors (Lipinski definition) is 3. The van der Waals surface area contributed by atoms with Crippen molar-refractivity contribution in [2.24, 2.45) is 0 Å². The lowest BCUT2D eigenvalue weighted by Gasteiger charge is -1.98. The fourth-order valence-corrected chi connectivity index (χ4v) is 0.566. The third-order valence-electron chi connectivity index (χ3n) is 0.325. The Labute approximate surface area is 44.9 Å². The summed E-state index contributed by atoms with van der Waals surface area (Å²) in [5.41, 5.74) is 0. The Morgan fingerprint density at radius 3 is 1.86 bits per heavy atom. The predicted molar refractivity (Wildman–Crippen MR) is 28.3 cm³/mol. The minimum atomic E-state index is -2.34. The van der Waals surface area contributed by atoms with Crippen molar-refractivity contribution < 1.29 is 8.42 Å². The number of hydrogen-bond donors (Lipinski definition) is 1. The Kier molecular flexibility index (Phi) is 2.95. The molecule has 0 aromatic rings. The Hall–Kier alpha value is -0.0900. The normalized spacial score (nSPS) is 10.9. The molecule has 43 valence electrons. The minimum Gasteiger partial charge on any atom is -0.291 e. The molecule has 0 aromatic carbocycles. The molecule has 1 radical (unpaired) electrons. The molecule has 4 heteroatoms. The molecule has 0 N–H and O–H groups in total. The van der Waals surface area contributed by atoms with Crippen LogP contribution in [-0.2, 0) is 10.7 Å². The van der Waals surface area contributed by atoms with Crippen LogP contribution in [0.1, 0.15) is 0 Å². The molecule has 0 bridgehead atoms. The lowest BCUT2D eigenvalue weighted by molar-refractivity contribution is 0.523. The molecular weight excluding hydrogens is 114 g/mol. The van der Waals surface area contributed by atoms with Crippen LogP contribution in [0.5, 0.6) is 0 Å². The van der Waals surface area contributed by atoms with Crippen molar-refractivity contribution in [3.8, 4) is 0 Å². The molecule has 0 heterocycles. The van der Waals surface area contributed by atoms with Gasteiger partial charge in [-0.05, 0) is 14.1 Å². The van der Waals surface area contributed by atoms with Crippen LogP contribution < -0.4 is 0 Å². The molecule has 0 fully saturated rings. The summed E-state index contributed by atoms with van der Waals surface area (Å²) in [5.74, 6) is 1.12. The third kappa shape index (κ3) is 5.91. The standard InChI is InChI=1S/C3H8NO2S/c1-4(2)3-7(5)6/h3,7H,1-2H3. The summed E-state index contributed by atoms with van der Waals surface area (Å²) in [6.45, 7) is 0. The molecule has 0 aromatic heterocycles. The van der Waals surface area contributed by atoms with Crippen molar-refractivity contribution in [1.82, 2.24) is 4.90 Å². The average Bonchev–Trinajstić information content (AvgIpc) is 1.27. The second-order valence-corrected chi connectivity index (χ2v) is 2.17. The van der Waals surface area contributed by atoms with E-state index in [1.54, 1.807) is 14.1 Å². The first-order chi connectivity index (χ1) is 3.13. The van der Waals surface area contributed by atoms with Crippen molar-refractivity contribution in [2.75, 3.05) is 14.1 Å². The summed E-state index contributed by atoms with van der Waals surface area (Å²) in [6.07, 6.45) is 0. The molecule has 0 spiro atoms. The lowest BCUT2D eigenvalue weighted by Crippen LogP contribution is -2.07. The summed E-state index contributed by atoms with van der Waals surface area (Å²) in [6, 6.07) is 0. The molecule has 0 atom stereocenters. The van der Waals surface area contributed by atoms with Gasteiger partial charge in [-0.2, -0.15) is 0 Å². The van der Waals surface area contributed by atoms with E-state index in [4.69, 9.17) is 0 Å². The zero-order valence-electron chi connectivity index (χ0n) is 4.29. The molecule has 0 aliphatic carbocycles. The van der Waals surface area contributed by atoms with E-state index in [-0.39, 0.29) is 0 Å². The first-order valence-electron chi connectivity index (χ1n) is 1.78. The van der Waals surface area contributed by atoms with Crippen LogP contribution >= 0.6 is 0 Å². The van der Waals surface area contributed by atoms with Crippen molar-refractivity contribution >= 4 is 10.7 Å². The topological polar surface area (TPSA) is 37.4 Å². The Balaban J connectivity index is 3.32. The highest BCUT2D eigenvalue weighted by atomic mass is 32.2. The maximum atomic E-state index is 9.75. The van der Waals surface area contributed by atoms with Gasteiger partial charge in [-0.25, -0.2) is 8.42 Å². The quantitative estimate of drug-likeness (QED) is 0.491. The van der Waals surface area contributed by atoms with Crippen molar-refractivity contribution in [3.05, 3.63) is 5.88 Å². The largest absolute Gasteiger partial charge is 0.291 e. The van der Waals surface area contributed by atoms with Gasteiger partial charge in [0, 0.05) is 0 Å². The van der Waals surface area contributed by atoms with E-state index in [0.29, 0.717) is 0 Å².